The van der Waals surface area contributed by atoms with Crippen molar-refractivity contribution >= 4 is 11.9 Å². The molecule has 86 valence electrons. The topological polar surface area (TPSA) is 75.4 Å². The van der Waals surface area contributed by atoms with Gasteiger partial charge in [-0.25, -0.2) is 4.79 Å². The van der Waals surface area contributed by atoms with Crippen molar-refractivity contribution in [1.82, 2.24) is 14.7 Å². The minimum atomic E-state index is -1.08. The molecule has 2 heterocycles. The summed E-state index contributed by atoms with van der Waals surface area (Å²) in [5, 5.41) is 12.5. The van der Waals surface area contributed by atoms with Crippen molar-refractivity contribution < 1.29 is 14.7 Å². The molecular formula is C10H13N3O3. The quantitative estimate of drug-likeness (QED) is 0.794. The van der Waals surface area contributed by atoms with E-state index in [1.807, 2.05) is 0 Å². The molecule has 16 heavy (non-hydrogen) atoms. The van der Waals surface area contributed by atoms with Gasteiger partial charge in [-0.15, -0.1) is 0 Å². The number of carbonyl (C=O) groups is 2. The van der Waals surface area contributed by atoms with E-state index in [-0.39, 0.29) is 18.1 Å². The number of carboxylic acid groups (broad SMARTS) is 1. The number of nitrogens with zero attached hydrogens (tertiary/aromatic N) is 3. The largest absolute Gasteiger partial charge is 0.476 e. The maximum atomic E-state index is 11.7. The molecule has 0 spiro atoms. The average molecular weight is 223 g/mol. The SMILES string of the molecule is O=C(O)c1ccn(CC(=O)N2CCCC2)n1. The van der Waals surface area contributed by atoms with E-state index in [0.717, 1.165) is 25.9 Å². The first-order chi connectivity index (χ1) is 7.66. The van der Waals surface area contributed by atoms with Gasteiger partial charge in [0.05, 0.1) is 0 Å². The van der Waals surface area contributed by atoms with E-state index >= 15 is 0 Å². The maximum absolute atomic E-state index is 11.7. The number of aromatic carboxylic acids is 1. The van der Waals surface area contributed by atoms with Crippen LogP contribution in [-0.4, -0.2) is 44.8 Å². The van der Waals surface area contributed by atoms with Crippen LogP contribution < -0.4 is 0 Å². The van der Waals surface area contributed by atoms with E-state index in [1.165, 1.54) is 16.9 Å². The highest BCUT2D eigenvalue weighted by atomic mass is 16.4. The molecule has 1 amide bonds. The van der Waals surface area contributed by atoms with Gasteiger partial charge >= 0.3 is 5.97 Å². The minimum absolute atomic E-state index is 0.00228. The van der Waals surface area contributed by atoms with Gasteiger partial charge in [-0.1, -0.05) is 0 Å². The van der Waals surface area contributed by atoms with Gasteiger partial charge in [0.1, 0.15) is 6.54 Å². The number of amides is 1. The summed E-state index contributed by atoms with van der Waals surface area (Å²) in [4.78, 5) is 24.1. The summed E-state index contributed by atoms with van der Waals surface area (Å²) in [6.07, 6.45) is 3.61. The molecule has 2 rings (SSSR count). The van der Waals surface area contributed by atoms with Crippen molar-refractivity contribution in [3.05, 3.63) is 18.0 Å². The Kier molecular flexibility index (Phi) is 2.89. The highest BCUT2D eigenvalue weighted by molar-refractivity contribution is 5.85. The average Bonchev–Trinajstić information content (AvgIpc) is 2.87. The number of carbonyl (C=O) groups excluding carboxylic acids is 1. The lowest BCUT2D eigenvalue weighted by Crippen LogP contribution is -2.31. The lowest BCUT2D eigenvalue weighted by atomic mass is 10.4. The van der Waals surface area contributed by atoms with Crippen LogP contribution in [0.1, 0.15) is 23.3 Å². The highest BCUT2D eigenvalue weighted by Gasteiger charge is 2.18. The van der Waals surface area contributed by atoms with Gasteiger partial charge < -0.3 is 10.0 Å². The molecule has 0 radical (unpaired) electrons. The van der Waals surface area contributed by atoms with Crippen molar-refractivity contribution in [2.45, 2.75) is 19.4 Å². The van der Waals surface area contributed by atoms with Crippen molar-refractivity contribution in [2.75, 3.05) is 13.1 Å². The van der Waals surface area contributed by atoms with Gasteiger partial charge in [-0.05, 0) is 18.9 Å². The van der Waals surface area contributed by atoms with Gasteiger partial charge in [0.25, 0.3) is 0 Å². The van der Waals surface area contributed by atoms with Crippen LogP contribution in [0.25, 0.3) is 0 Å². The lowest BCUT2D eigenvalue weighted by molar-refractivity contribution is -0.130. The second-order valence-corrected chi connectivity index (χ2v) is 3.79. The summed E-state index contributed by atoms with van der Waals surface area (Å²) >= 11 is 0. The molecule has 6 heteroatoms. The Bertz CT molecular complexity index is 407. The fourth-order valence-corrected chi connectivity index (χ4v) is 1.77. The first kappa shape index (κ1) is 10.7. The summed E-state index contributed by atoms with van der Waals surface area (Å²) in [7, 11) is 0. The number of likely N-dealkylation sites (tertiary alicyclic amines) is 1. The van der Waals surface area contributed by atoms with Crippen molar-refractivity contribution in [3.8, 4) is 0 Å². The lowest BCUT2D eigenvalue weighted by Gasteiger charge is -2.14. The van der Waals surface area contributed by atoms with Crippen LogP contribution in [0.2, 0.25) is 0 Å². The van der Waals surface area contributed by atoms with Crippen LogP contribution in [0.3, 0.4) is 0 Å². The van der Waals surface area contributed by atoms with Crippen molar-refractivity contribution in [3.63, 3.8) is 0 Å². The van der Waals surface area contributed by atoms with Crippen LogP contribution >= 0.6 is 0 Å². The van der Waals surface area contributed by atoms with Gasteiger partial charge in [-0.2, -0.15) is 5.10 Å². The first-order valence-corrected chi connectivity index (χ1v) is 5.21. The molecule has 0 saturated carbocycles. The van der Waals surface area contributed by atoms with E-state index < -0.39 is 5.97 Å². The fraction of sp³-hybridized carbons (Fsp3) is 0.500. The van der Waals surface area contributed by atoms with E-state index in [1.54, 1.807) is 4.90 Å². The third-order valence-electron chi connectivity index (χ3n) is 2.62. The number of hydrogen-bond acceptors (Lipinski definition) is 3. The summed E-state index contributed by atoms with van der Waals surface area (Å²) in [6.45, 7) is 1.71. The molecule has 1 saturated heterocycles. The zero-order valence-corrected chi connectivity index (χ0v) is 8.80. The molecule has 0 atom stereocenters. The zero-order chi connectivity index (χ0) is 11.5. The predicted molar refractivity (Wildman–Crippen MR) is 55.0 cm³/mol. The monoisotopic (exact) mass is 223 g/mol. The zero-order valence-electron chi connectivity index (χ0n) is 8.80. The van der Waals surface area contributed by atoms with E-state index in [9.17, 15) is 9.59 Å². The number of rotatable bonds is 3. The maximum Gasteiger partial charge on any atom is 0.356 e. The number of aromatic nitrogens is 2. The van der Waals surface area contributed by atoms with Gasteiger partial charge in [0.2, 0.25) is 5.91 Å². The van der Waals surface area contributed by atoms with Crippen LogP contribution in [-0.2, 0) is 11.3 Å². The minimum Gasteiger partial charge on any atom is -0.476 e. The van der Waals surface area contributed by atoms with Crippen molar-refractivity contribution in [1.29, 1.82) is 0 Å². The number of hydrogen-bond donors (Lipinski definition) is 1. The molecule has 6 nitrogen and oxygen atoms in total. The molecule has 0 unspecified atom stereocenters. The molecule has 1 aliphatic heterocycles. The standard InChI is InChI=1S/C10H13N3O3/c14-9(12-4-1-2-5-12)7-13-6-3-8(11-13)10(15)16/h3,6H,1-2,4-5,7H2,(H,15,16). The van der Waals surface area contributed by atoms with E-state index in [2.05, 4.69) is 5.10 Å². The molecule has 0 bridgehead atoms. The Morgan fingerprint density at radius 3 is 2.62 bits per heavy atom. The van der Waals surface area contributed by atoms with Crippen LogP contribution in [0.5, 0.6) is 0 Å². The molecular weight excluding hydrogens is 210 g/mol. The number of carboxylic acids is 1. The Morgan fingerprint density at radius 1 is 1.38 bits per heavy atom. The van der Waals surface area contributed by atoms with Crippen LogP contribution in [0.4, 0.5) is 0 Å². The third kappa shape index (κ3) is 2.21. The van der Waals surface area contributed by atoms with Crippen LogP contribution in [0.15, 0.2) is 12.3 Å². The predicted octanol–water partition coefficient (Wildman–Crippen LogP) is 0.204. The van der Waals surface area contributed by atoms with Crippen molar-refractivity contribution in [2.24, 2.45) is 0 Å². The van der Waals surface area contributed by atoms with E-state index in [4.69, 9.17) is 5.11 Å². The molecule has 0 aromatic carbocycles. The summed E-state index contributed by atoms with van der Waals surface area (Å²) < 4.78 is 1.37. The molecule has 1 fully saturated rings. The normalized spacial score (nSPS) is 15.4. The highest BCUT2D eigenvalue weighted by Crippen LogP contribution is 2.08. The van der Waals surface area contributed by atoms with Gasteiger partial charge in [0, 0.05) is 19.3 Å². The Balaban J connectivity index is 1.97. The van der Waals surface area contributed by atoms with Gasteiger partial charge in [-0.3, -0.25) is 9.48 Å². The second-order valence-electron chi connectivity index (χ2n) is 3.79. The third-order valence-corrected chi connectivity index (χ3v) is 2.62. The second kappa shape index (κ2) is 4.34. The molecule has 1 N–H and O–H groups in total. The summed E-state index contributed by atoms with van der Waals surface area (Å²) in [5.74, 6) is -1.08. The molecule has 1 aromatic heterocycles. The summed E-state index contributed by atoms with van der Waals surface area (Å²) in [6, 6.07) is 1.39. The Hall–Kier alpha value is -1.85. The first-order valence-electron chi connectivity index (χ1n) is 5.21. The molecule has 1 aliphatic rings. The molecule has 0 aliphatic carbocycles. The van der Waals surface area contributed by atoms with Crippen LogP contribution in [0, 0.1) is 0 Å². The smallest absolute Gasteiger partial charge is 0.356 e. The Morgan fingerprint density at radius 2 is 2.06 bits per heavy atom. The van der Waals surface area contributed by atoms with Gasteiger partial charge in [0.15, 0.2) is 5.69 Å². The fourth-order valence-electron chi connectivity index (χ4n) is 1.77. The van der Waals surface area contributed by atoms with E-state index in [0.29, 0.717) is 0 Å². The summed E-state index contributed by atoms with van der Waals surface area (Å²) in [5.41, 5.74) is -0.0331. The Labute approximate surface area is 92.5 Å². The molecule has 1 aromatic rings.